The predicted molar refractivity (Wildman–Crippen MR) is 60.2 cm³/mol. The molecule has 14 heavy (non-hydrogen) atoms. The van der Waals surface area contributed by atoms with Crippen LogP contribution in [-0.4, -0.2) is 13.0 Å². The highest BCUT2D eigenvalue weighted by molar-refractivity contribution is 6.32. The Balaban J connectivity index is 3.00. The van der Waals surface area contributed by atoms with Crippen molar-refractivity contribution in [2.75, 3.05) is 13.0 Å². The fourth-order valence-electron chi connectivity index (χ4n) is 0.994. The number of benzene rings is 1. The van der Waals surface area contributed by atoms with Gasteiger partial charge in [-0.3, -0.25) is 0 Å². The molecule has 1 aromatic carbocycles. The second kappa shape index (κ2) is 5.80. The normalized spacial score (nSPS) is 9.07. The van der Waals surface area contributed by atoms with Crippen molar-refractivity contribution < 1.29 is 4.74 Å². The number of alkyl halides is 1. The van der Waals surface area contributed by atoms with Crippen LogP contribution in [0.25, 0.3) is 0 Å². The van der Waals surface area contributed by atoms with Gasteiger partial charge in [-0.2, -0.15) is 0 Å². The maximum Gasteiger partial charge on any atom is 0.135 e. The minimum atomic E-state index is 0.528. The van der Waals surface area contributed by atoms with Gasteiger partial charge in [-0.1, -0.05) is 29.5 Å². The summed E-state index contributed by atoms with van der Waals surface area (Å²) in [4.78, 5) is 0. The molecule has 0 saturated heterocycles. The van der Waals surface area contributed by atoms with E-state index in [4.69, 9.17) is 27.9 Å². The van der Waals surface area contributed by atoms with E-state index in [1.54, 1.807) is 13.2 Å². The quantitative estimate of drug-likeness (QED) is 0.558. The van der Waals surface area contributed by atoms with Gasteiger partial charge in [0, 0.05) is 12.3 Å². The summed E-state index contributed by atoms with van der Waals surface area (Å²) in [5, 5.41) is 0.603. The van der Waals surface area contributed by atoms with Gasteiger partial charge in [-0.05, 0) is 12.1 Å². The Morgan fingerprint density at radius 1 is 1.43 bits per heavy atom. The van der Waals surface area contributed by atoms with E-state index in [0.29, 0.717) is 23.1 Å². The van der Waals surface area contributed by atoms with E-state index in [0.717, 1.165) is 5.56 Å². The third kappa shape index (κ3) is 2.83. The van der Waals surface area contributed by atoms with Crippen LogP contribution in [0.4, 0.5) is 0 Å². The van der Waals surface area contributed by atoms with Crippen molar-refractivity contribution in [3.8, 4) is 17.6 Å². The zero-order chi connectivity index (χ0) is 10.4. The summed E-state index contributed by atoms with van der Waals surface area (Å²) in [5.41, 5.74) is 0.724. The van der Waals surface area contributed by atoms with Gasteiger partial charge in [0.25, 0.3) is 0 Å². The lowest BCUT2D eigenvalue weighted by Crippen LogP contribution is -1.88. The molecule has 0 aliphatic heterocycles. The minimum Gasteiger partial charge on any atom is -0.495 e. The molecule has 1 rings (SSSR count). The lowest BCUT2D eigenvalue weighted by atomic mass is 10.2. The highest BCUT2D eigenvalue weighted by atomic mass is 35.5. The van der Waals surface area contributed by atoms with Crippen molar-refractivity contribution in [2.24, 2.45) is 0 Å². The second-order valence-electron chi connectivity index (χ2n) is 2.56. The van der Waals surface area contributed by atoms with Gasteiger partial charge < -0.3 is 4.74 Å². The van der Waals surface area contributed by atoms with Crippen LogP contribution < -0.4 is 4.74 Å². The summed E-state index contributed by atoms with van der Waals surface area (Å²) >= 11 is 11.5. The SMILES string of the molecule is COc1cccc(Cl)c1C#CCCCl. The first-order valence-corrected chi connectivity index (χ1v) is 5.08. The molecule has 0 spiro atoms. The van der Waals surface area contributed by atoms with Crippen molar-refractivity contribution in [2.45, 2.75) is 6.42 Å². The topological polar surface area (TPSA) is 9.23 Å². The number of hydrogen-bond donors (Lipinski definition) is 0. The first-order chi connectivity index (χ1) is 6.79. The second-order valence-corrected chi connectivity index (χ2v) is 3.34. The van der Waals surface area contributed by atoms with Crippen molar-refractivity contribution in [1.29, 1.82) is 0 Å². The van der Waals surface area contributed by atoms with Crippen molar-refractivity contribution in [1.82, 2.24) is 0 Å². The first-order valence-electron chi connectivity index (χ1n) is 4.17. The molecular formula is C11H10Cl2O. The molecule has 0 atom stereocenters. The van der Waals surface area contributed by atoms with Crippen LogP contribution in [0.5, 0.6) is 5.75 Å². The van der Waals surface area contributed by atoms with Gasteiger partial charge >= 0.3 is 0 Å². The predicted octanol–water partition coefficient (Wildman–Crippen LogP) is 3.33. The van der Waals surface area contributed by atoms with Gasteiger partial charge in [0.05, 0.1) is 17.7 Å². The summed E-state index contributed by atoms with van der Waals surface area (Å²) in [5.74, 6) is 7.08. The lowest BCUT2D eigenvalue weighted by molar-refractivity contribution is 0.413. The molecular weight excluding hydrogens is 219 g/mol. The van der Waals surface area contributed by atoms with E-state index in [9.17, 15) is 0 Å². The monoisotopic (exact) mass is 228 g/mol. The standard InChI is InChI=1S/C11H10Cl2O/c1-14-11-7-4-6-10(13)9(11)5-2-3-8-12/h4,6-7H,3,8H2,1H3. The zero-order valence-electron chi connectivity index (χ0n) is 7.81. The van der Waals surface area contributed by atoms with Crippen LogP contribution in [0.2, 0.25) is 5.02 Å². The molecule has 0 radical (unpaired) electrons. The largest absolute Gasteiger partial charge is 0.495 e. The van der Waals surface area contributed by atoms with E-state index in [2.05, 4.69) is 11.8 Å². The number of rotatable bonds is 2. The maximum atomic E-state index is 5.97. The van der Waals surface area contributed by atoms with Gasteiger partial charge in [-0.25, -0.2) is 0 Å². The Bertz CT molecular complexity index is 363. The average Bonchev–Trinajstić information content (AvgIpc) is 2.20. The molecule has 0 bridgehead atoms. The van der Waals surface area contributed by atoms with Gasteiger partial charge in [0.1, 0.15) is 5.75 Å². The summed E-state index contributed by atoms with van der Waals surface area (Å²) in [6, 6.07) is 5.44. The Morgan fingerprint density at radius 2 is 2.21 bits per heavy atom. The van der Waals surface area contributed by atoms with Crippen molar-refractivity contribution >= 4 is 23.2 Å². The van der Waals surface area contributed by atoms with Gasteiger partial charge in [0.15, 0.2) is 0 Å². The van der Waals surface area contributed by atoms with E-state index < -0.39 is 0 Å². The van der Waals surface area contributed by atoms with Crippen LogP contribution in [0.15, 0.2) is 18.2 Å². The number of halogens is 2. The van der Waals surface area contributed by atoms with Crippen molar-refractivity contribution in [3.05, 3.63) is 28.8 Å². The average molecular weight is 229 g/mol. The lowest BCUT2D eigenvalue weighted by Gasteiger charge is -2.03. The summed E-state index contributed by atoms with van der Waals surface area (Å²) < 4.78 is 5.14. The fourth-order valence-corrected chi connectivity index (χ4v) is 1.30. The van der Waals surface area contributed by atoms with E-state index in [1.165, 1.54) is 0 Å². The Kier molecular flexibility index (Phi) is 4.65. The third-order valence-electron chi connectivity index (χ3n) is 1.63. The molecule has 0 aromatic heterocycles. The maximum absolute atomic E-state index is 5.97. The van der Waals surface area contributed by atoms with Crippen LogP contribution in [0, 0.1) is 11.8 Å². The molecule has 0 N–H and O–H groups in total. The molecule has 0 unspecified atom stereocenters. The highest BCUT2D eigenvalue weighted by Gasteiger charge is 2.03. The fraction of sp³-hybridized carbons (Fsp3) is 0.273. The van der Waals surface area contributed by atoms with Crippen LogP contribution in [0.3, 0.4) is 0 Å². The Labute approximate surface area is 94.0 Å². The minimum absolute atomic E-state index is 0.528. The first kappa shape index (κ1) is 11.2. The Morgan fingerprint density at radius 3 is 2.86 bits per heavy atom. The van der Waals surface area contributed by atoms with E-state index in [1.807, 2.05) is 12.1 Å². The molecule has 0 amide bonds. The molecule has 1 aromatic rings. The van der Waals surface area contributed by atoms with E-state index in [-0.39, 0.29) is 0 Å². The van der Waals surface area contributed by atoms with Crippen LogP contribution in [0.1, 0.15) is 12.0 Å². The summed E-state index contributed by atoms with van der Waals surface area (Å²) in [6.45, 7) is 0. The smallest absolute Gasteiger partial charge is 0.135 e. The highest BCUT2D eigenvalue weighted by Crippen LogP contribution is 2.24. The molecule has 0 heterocycles. The zero-order valence-corrected chi connectivity index (χ0v) is 9.32. The molecule has 1 nitrogen and oxygen atoms in total. The summed E-state index contributed by atoms with van der Waals surface area (Å²) in [6.07, 6.45) is 0.649. The molecule has 3 heteroatoms. The van der Waals surface area contributed by atoms with E-state index >= 15 is 0 Å². The van der Waals surface area contributed by atoms with Crippen LogP contribution >= 0.6 is 23.2 Å². The van der Waals surface area contributed by atoms with Gasteiger partial charge in [-0.15, -0.1) is 11.6 Å². The van der Waals surface area contributed by atoms with Crippen molar-refractivity contribution in [3.63, 3.8) is 0 Å². The summed E-state index contributed by atoms with van der Waals surface area (Å²) in [7, 11) is 1.60. The number of methoxy groups -OCH3 is 1. The Hall–Kier alpha value is -0.840. The van der Waals surface area contributed by atoms with Crippen LogP contribution in [-0.2, 0) is 0 Å². The van der Waals surface area contributed by atoms with Gasteiger partial charge in [0.2, 0.25) is 0 Å². The molecule has 0 aliphatic rings. The number of hydrogen-bond acceptors (Lipinski definition) is 1. The molecule has 0 fully saturated rings. The molecule has 0 aliphatic carbocycles. The molecule has 74 valence electrons. The third-order valence-corrected chi connectivity index (χ3v) is 2.13. The number of ether oxygens (including phenoxy) is 1. The molecule has 0 saturated carbocycles.